The molecule has 0 atom stereocenters. The van der Waals surface area contributed by atoms with Crippen LogP contribution in [0.25, 0.3) is 11.3 Å². The van der Waals surface area contributed by atoms with Crippen LogP contribution in [0.3, 0.4) is 0 Å². The number of carbonyl (C=O) groups excluding carboxylic acids is 1. The smallest absolute Gasteiger partial charge is 0.416 e. The fraction of sp³-hybridized carbons (Fsp3) is 0.240. The summed E-state index contributed by atoms with van der Waals surface area (Å²) >= 11 is 0. The van der Waals surface area contributed by atoms with Gasteiger partial charge in [-0.15, -0.1) is 0 Å². The Balaban J connectivity index is 1.90. The van der Waals surface area contributed by atoms with Gasteiger partial charge in [-0.2, -0.15) is 13.2 Å². The molecule has 0 fully saturated rings. The molecule has 212 valence electrons. The van der Waals surface area contributed by atoms with Crippen LogP contribution in [0.1, 0.15) is 30.5 Å². The highest BCUT2D eigenvalue weighted by Crippen LogP contribution is 2.34. The largest absolute Gasteiger partial charge is 0.507 e. The summed E-state index contributed by atoms with van der Waals surface area (Å²) in [5.74, 6) is -1.76. The molecule has 0 bridgehead atoms. The molecule has 0 aliphatic carbocycles. The SMILES string of the molecule is CC(C)Nc1ncc(-c2cc(N)cc(C(F)(F)F)c2)n(CC(=O)NCc2ccc(C(=N)NC(=O)O)c(O)c2)c1=O. The monoisotopic (exact) mass is 561 g/mol. The summed E-state index contributed by atoms with van der Waals surface area (Å²) in [6.45, 7) is 2.78. The second kappa shape index (κ2) is 11.8. The van der Waals surface area contributed by atoms with Crippen molar-refractivity contribution in [2.24, 2.45) is 0 Å². The number of hydrogen-bond acceptors (Lipinski definition) is 8. The number of phenolic OH excluding ortho intramolecular Hbond substituents is 1. The molecule has 8 N–H and O–H groups in total. The number of aromatic hydroxyl groups is 1. The summed E-state index contributed by atoms with van der Waals surface area (Å²) in [6.07, 6.45) is -5.01. The highest BCUT2D eigenvalue weighted by Gasteiger charge is 2.31. The predicted octanol–water partition coefficient (Wildman–Crippen LogP) is 2.95. The maximum Gasteiger partial charge on any atom is 0.416 e. The second-order valence-electron chi connectivity index (χ2n) is 8.96. The number of alkyl halides is 3. The minimum atomic E-state index is -4.71. The molecule has 3 rings (SSSR count). The Morgan fingerprint density at radius 2 is 1.88 bits per heavy atom. The van der Waals surface area contributed by atoms with Crippen LogP contribution in [-0.2, 0) is 24.1 Å². The van der Waals surface area contributed by atoms with Gasteiger partial charge in [-0.05, 0) is 49.7 Å². The van der Waals surface area contributed by atoms with Crippen LogP contribution < -0.4 is 27.2 Å². The van der Waals surface area contributed by atoms with Crippen molar-refractivity contribution in [1.82, 2.24) is 20.2 Å². The number of amides is 2. The van der Waals surface area contributed by atoms with Gasteiger partial charge in [0.2, 0.25) is 5.91 Å². The van der Waals surface area contributed by atoms with Crippen LogP contribution in [0, 0.1) is 5.41 Å². The topological polar surface area (TPSA) is 195 Å². The molecule has 0 saturated heterocycles. The van der Waals surface area contributed by atoms with Gasteiger partial charge < -0.3 is 26.6 Å². The number of nitrogens with zero attached hydrogens (tertiary/aromatic N) is 2. The molecule has 0 aliphatic rings. The van der Waals surface area contributed by atoms with Crippen LogP contribution in [0.15, 0.2) is 47.4 Å². The fourth-order valence-corrected chi connectivity index (χ4v) is 3.68. The van der Waals surface area contributed by atoms with Crippen molar-refractivity contribution in [2.75, 3.05) is 11.1 Å². The molecule has 0 spiro atoms. The number of carbonyl (C=O) groups is 2. The van der Waals surface area contributed by atoms with Gasteiger partial charge in [0.15, 0.2) is 5.82 Å². The first-order valence-electron chi connectivity index (χ1n) is 11.7. The van der Waals surface area contributed by atoms with Crippen molar-refractivity contribution >= 4 is 29.3 Å². The lowest BCUT2D eigenvalue weighted by molar-refractivity contribution is -0.137. The third kappa shape index (κ3) is 7.27. The van der Waals surface area contributed by atoms with E-state index in [9.17, 15) is 32.7 Å². The Hall–Kier alpha value is -5.08. The lowest BCUT2D eigenvalue weighted by Crippen LogP contribution is -2.35. The third-order valence-electron chi connectivity index (χ3n) is 5.41. The number of nitrogen functional groups attached to an aromatic ring is 1. The quantitative estimate of drug-likeness (QED) is 0.124. The van der Waals surface area contributed by atoms with Gasteiger partial charge in [-0.1, -0.05) is 6.07 Å². The highest BCUT2D eigenvalue weighted by molar-refractivity contribution is 6.05. The molecule has 0 saturated carbocycles. The minimum absolute atomic E-state index is 0.0706. The van der Waals surface area contributed by atoms with Crippen LogP contribution in [0.2, 0.25) is 0 Å². The van der Waals surface area contributed by atoms with Crippen LogP contribution in [0.4, 0.5) is 29.5 Å². The Kier molecular flexibility index (Phi) is 8.66. The summed E-state index contributed by atoms with van der Waals surface area (Å²) in [5.41, 5.74) is 3.86. The van der Waals surface area contributed by atoms with E-state index in [-0.39, 0.29) is 40.9 Å². The zero-order chi connectivity index (χ0) is 29.8. The molecular weight excluding hydrogens is 535 g/mol. The average molecular weight is 562 g/mol. The van der Waals surface area contributed by atoms with Crippen LogP contribution in [0.5, 0.6) is 5.75 Å². The molecule has 40 heavy (non-hydrogen) atoms. The summed E-state index contributed by atoms with van der Waals surface area (Å²) in [5, 5.41) is 33.7. The Labute approximate surface area is 225 Å². The van der Waals surface area contributed by atoms with E-state index in [1.807, 2.05) is 5.32 Å². The van der Waals surface area contributed by atoms with E-state index in [0.717, 1.165) is 16.7 Å². The minimum Gasteiger partial charge on any atom is -0.507 e. The van der Waals surface area contributed by atoms with Crippen LogP contribution >= 0.6 is 0 Å². The summed E-state index contributed by atoms with van der Waals surface area (Å²) < 4.78 is 41.2. The first-order valence-corrected chi connectivity index (χ1v) is 11.7. The number of amidine groups is 1. The van der Waals surface area contributed by atoms with Gasteiger partial charge in [0.25, 0.3) is 5.56 Å². The average Bonchev–Trinajstić information content (AvgIpc) is 2.83. The van der Waals surface area contributed by atoms with Crippen molar-refractivity contribution in [1.29, 1.82) is 5.41 Å². The number of anilines is 2. The number of carboxylic acid groups (broad SMARTS) is 1. The number of benzene rings is 2. The number of hydrogen-bond donors (Lipinski definition) is 7. The van der Waals surface area contributed by atoms with Gasteiger partial charge >= 0.3 is 12.3 Å². The van der Waals surface area contributed by atoms with E-state index >= 15 is 0 Å². The zero-order valence-electron chi connectivity index (χ0n) is 21.3. The number of aromatic nitrogens is 2. The zero-order valence-corrected chi connectivity index (χ0v) is 21.3. The summed E-state index contributed by atoms with van der Waals surface area (Å²) in [6, 6.07) is 6.51. The Bertz CT molecular complexity index is 1520. The van der Waals surface area contributed by atoms with Crippen molar-refractivity contribution in [3.63, 3.8) is 0 Å². The van der Waals surface area contributed by atoms with E-state index in [2.05, 4.69) is 15.6 Å². The second-order valence-corrected chi connectivity index (χ2v) is 8.96. The first-order chi connectivity index (χ1) is 18.6. The number of rotatable bonds is 8. The molecule has 0 unspecified atom stereocenters. The van der Waals surface area contributed by atoms with Gasteiger partial charge in [0.1, 0.15) is 18.1 Å². The third-order valence-corrected chi connectivity index (χ3v) is 5.41. The lowest BCUT2D eigenvalue weighted by atomic mass is 10.1. The van der Waals surface area contributed by atoms with E-state index in [0.29, 0.717) is 5.56 Å². The summed E-state index contributed by atoms with van der Waals surface area (Å²) in [4.78, 5) is 40.8. The van der Waals surface area contributed by atoms with Crippen molar-refractivity contribution < 1.29 is 33.0 Å². The Morgan fingerprint density at radius 3 is 2.48 bits per heavy atom. The number of nitrogens with one attached hydrogen (secondary N) is 4. The van der Waals surface area contributed by atoms with Crippen molar-refractivity contribution in [3.05, 3.63) is 69.6 Å². The highest BCUT2D eigenvalue weighted by atomic mass is 19.4. The molecule has 1 heterocycles. The maximum absolute atomic E-state index is 13.4. The molecule has 2 aromatic carbocycles. The maximum atomic E-state index is 13.4. The molecule has 2 amide bonds. The molecular formula is C25H26F3N7O5. The van der Waals surface area contributed by atoms with Gasteiger partial charge in [0, 0.05) is 23.8 Å². The molecule has 3 aromatic rings. The van der Waals surface area contributed by atoms with Crippen molar-refractivity contribution in [3.8, 4) is 17.0 Å². The molecule has 15 heteroatoms. The molecule has 0 radical (unpaired) electrons. The number of phenols is 1. The molecule has 1 aromatic heterocycles. The fourth-order valence-electron chi connectivity index (χ4n) is 3.68. The van der Waals surface area contributed by atoms with Crippen LogP contribution in [-0.4, -0.2) is 43.6 Å². The normalized spacial score (nSPS) is 11.2. The molecule has 0 aliphatic heterocycles. The lowest BCUT2D eigenvalue weighted by Gasteiger charge is -2.17. The van der Waals surface area contributed by atoms with E-state index in [1.54, 1.807) is 13.8 Å². The van der Waals surface area contributed by atoms with Gasteiger partial charge in [-0.25, -0.2) is 9.78 Å². The van der Waals surface area contributed by atoms with Crippen molar-refractivity contribution in [2.45, 2.75) is 39.2 Å². The molecule has 12 nitrogen and oxygen atoms in total. The van der Waals surface area contributed by atoms with Gasteiger partial charge in [0.05, 0.1) is 23.0 Å². The van der Waals surface area contributed by atoms with Gasteiger partial charge in [-0.3, -0.25) is 24.9 Å². The number of nitrogens with two attached hydrogens (primary N) is 1. The summed E-state index contributed by atoms with van der Waals surface area (Å²) in [7, 11) is 0. The predicted molar refractivity (Wildman–Crippen MR) is 140 cm³/mol. The first kappa shape index (κ1) is 29.5. The number of halogens is 3. The van der Waals surface area contributed by atoms with E-state index in [1.165, 1.54) is 30.5 Å². The Morgan fingerprint density at radius 1 is 1.18 bits per heavy atom. The van der Waals surface area contributed by atoms with E-state index < -0.39 is 47.4 Å². The van der Waals surface area contributed by atoms with E-state index in [4.69, 9.17) is 16.2 Å². The standard InChI is InChI=1S/C25H26F3N7O5/c1-12(2)33-22-23(38)35(18(10-32-22)14-6-15(25(26,27)28)8-16(29)7-14)11-20(37)31-9-13-3-4-17(19(36)5-13)21(30)34-24(39)40/h3-8,10,12,36H,9,11,29H2,1-2H3,(H2,30,34)(H,31,37)(H,32,33)(H,39,40).